The van der Waals surface area contributed by atoms with Gasteiger partial charge in [-0.25, -0.2) is 9.59 Å². The van der Waals surface area contributed by atoms with Crippen LogP contribution in [0.15, 0.2) is 18.2 Å². The summed E-state index contributed by atoms with van der Waals surface area (Å²) in [6, 6.07) is 6.84. The summed E-state index contributed by atoms with van der Waals surface area (Å²) >= 11 is 0. The van der Waals surface area contributed by atoms with Gasteiger partial charge in [0.2, 0.25) is 0 Å². The lowest BCUT2D eigenvalue weighted by Gasteiger charge is -2.34. The van der Waals surface area contributed by atoms with Crippen LogP contribution < -0.4 is 4.90 Å². The van der Waals surface area contributed by atoms with Crippen molar-refractivity contribution in [2.24, 2.45) is 0 Å². The molecule has 0 radical (unpaired) electrons. The first-order chi connectivity index (χ1) is 14.0. The van der Waals surface area contributed by atoms with Crippen LogP contribution >= 0.6 is 12.4 Å². The van der Waals surface area contributed by atoms with Crippen molar-refractivity contribution < 1.29 is 19.4 Å². The summed E-state index contributed by atoms with van der Waals surface area (Å²) in [6.45, 7) is 3.39. The fourth-order valence-electron chi connectivity index (χ4n) is 4.84. The number of fused-ring (bicyclic) bond motifs is 1. The highest BCUT2D eigenvalue weighted by Crippen LogP contribution is 2.31. The standard InChI is InChI=1S/C22H31N3O4.ClH/c1-23-10-8-16-2-3-19(14-17(16)9-11-23)25-13-12-24(22(25)28)18-4-6-20(7-5-18)29-15-21(26)27;/h2-3,14,18,20H,4-13,15H2,1H3,(H,26,27);1H. The number of urea groups is 1. The van der Waals surface area contributed by atoms with E-state index in [-0.39, 0.29) is 37.2 Å². The van der Waals surface area contributed by atoms with Crippen molar-refractivity contribution in [3.8, 4) is 0 Å². The van der Waals surface area contributed by atoms with Crippen molar-refractivity contribution in [2.75, 3.05) is 44.7 Å². The number of halogens is 1. The lowest BCUT2D eigenvalue weighted by molar-refractivity contribution is -0.145. The van der Waals surface area contributed by atoms with Crippen LogP contribution in [0.1, 0.15) is 36.8 Å². The van der Waals surface area contributed by atoms with Gasteiger partial charge in [0.15, 0.2) is 0 Å². The SMILES string of the molecule is CN1CCc2ccc(N3CCN(C4CCC(OCC(=O)O)CC4)C3=O)cc2CC1.Cl. The molecule has 1 saturated carbocycles. The third kappa shape index (κ3) is 5.07. The second-order valence-electron chi connectivity index (χ2n) is 8.52. The lowest BCUT2D eigenvalue weighted by Crippen LogP contribution is -2.42. The Labute approximate surface area is 184 Å². The maximum atomic E-state index is 13.1. The number of benzene rings is 1. The number of carbonyl (C=O) groups excluding carboxylic acids is 1. The minimum Gasteiger partial charge on any atom is -0.480 e. The zero-order valence-electron chi connectivity index (χ0n) is 17.6. The fraction of sp³-hybridized carbons (Fsp3) is 0.636. The topological polar surface area (TPSA) is 73.3 Å². The van der Waals surface area contributed by atoms with Gasteiger partial charge in [0, 0.05) is 37.9 Å². The van der Waals surface area contributed by atoms with Gasteiger partial charge in [-0.1, -0.05) is 6.07 Å². The van der Waals surface area contributed by atoms with Gasteiger partial charge in [-0.2, -0.15) is 0 Å². The first kappa shape index (κ1) is 22.8. The van der Waals surface area contributed by atoms with Gasteiger partial charge in [0.25, 0.3) is 0 Å². The first-order valence-electron chi connectivity index (χ1n) is 10.7. The van der Waals surface area contributed by atoms with E-state index in [4.69, 9.17) is 9.84 Å². The molecule has 0 bridgehead atoms. The van der Waals surface area contributed by atoms with Gasteiger partial charge in [-0.15, -0.1) is 12.4 Å². The normalized spacial score (nSPS) is 24.9. The van der Waals surface area contributed by atoms with Crippen LogP contribution in [-0.4, -0.2) is 78.9 Å². The molecular formula is C22H32ClN3O4. The van der Waals surface area contributed by atoms with Gasteiger partial charge in [-0.05, 0) is 68.8 Å². The minimum atomic E-state index is -0.926. The molecule has 7 nitrogen and oxygen atoms in total. The van der Waals surface area contributed by atoms with Gasteiger partial charge in [-0.3, -0.25) is 4.90 Å². The number of amides is 2. The summed E-state index contributed by atoms with van der Waals surface area (Å²) in [5, 5.41) is 8.76. The summed E-state index contributed by atoms with van der Waals surface area (Å²) < 4.78 is 5.43. The number of anilines is 1. The van der Waals surface area contributed by atoms with E-state index in [9.17, 15) is 9.59 Å². The van der Waals surface area contributed by atoms with Crippen LogP contribution in [0.2, 0.25) is 0 Å². The summed E-state index contributed by atoms with van der Waals surface area (Å²) in [7, 11) is 2.16. The number of carboxylic acid groups (broad SMARTS) is 1. The highest BCUT2D eigenvalue weighted by Gasteiger charge is 2.36. The van der Waals surface area contributed by atoms with Gasteiger partial charge in [0.05, 0.1) is 6.10 Å². The number of rotatable bonds is 5. The predicted octanol–water partition coefficient (Wildman–Crippen LogP) is 2.79. The molecule has 1 saturated heterocycles. The van der Waals surface area contributed by atoms with Crippen LogP contribution in [-0.2, 0) is 22.4 Å². The summed E-state index contributed by atoms with van der Waals surface area (Å²) in [6.07, 6.45) is 5.48. The molecule has 30 heavy (non-hydrogen) atoms. The van der Waals surface area contributed by atoms with E-state index in [0.29, 0.717) is 0 Å². The van der Waals surface area contributed by atoms with E-state index >= 15 is 0 Å². The maximum absolute atomic E-state index is 13.1. The molecule has 1 aliphatic carbocycles. The Morgan fingerprint density at radius 2 is 1.77 bits per heavy atom. The van der Waals surface area contributed by atoms with Crippen LogP contribution in [0.25, 0.3) is 0 Å². The molecule has 2 heterocycles. The Bertz CT molecular complexity index is 767. The zero-order chi connectivity index (χ0) is 20.4. The summed E-state index contributed by atoms with van der Waals surface area (Å²) in [5.74, 6) is -0.926. The second-order valence-corrected chi connectivity index (χ2v) is 8.52. The molecular weight excluding hydrogens is 406 g/mol. The number of hydrogen-bond acceptors (Lipinski definition) is 4. The molecule has 0 spiro atoms. The van der Waals surface area contributed by atoms with Gasteiger partial charge < -0.3 is 19.6 Å². The molecule has 1 aromatic rings. The predicted molar refractivity (Wildman–Crippen MR) is 118 cm³/mol. The molecule has 0 aromatic heterocycles. The van der Waals surface area contributed by atoms with E-state index in [2.05, 4.69) is 30.1 Å². The fourth-order valence-corrected chi connectivity index (χ4v) is 4.84. The molecule has 4 rings (SSSR count). The average molecular weight is 438 g/mol. The highest BCUT2D eigenvalue weighted by molar-refractivity contribution is 5.94. The number of carboxylic acids is 1. The van der Waals surface area contributed by atoms with Crippen molar-refractivity contribution in [1.29, 1.82) is 0 Å². The zero-order valence-corrected chi connectivity index (χ0v) is 18.4. The smallest absolute Gasteiger partial charge is 0.329 e. The Morgan fingerprint density at radius 1 is 1.07 bits per heavy atom. The Kier molecular flexibility index (Phi) is 7.60. The van der Waals surface area contributed by atoms with Crippen LogP contribution in [0.3, 0.4) is 0 Å². The highest BCUT2D eigenvalue weighted by atomic mass is 35.5. The van der Waals surface area contributed by atoms with Gasteiger partial charge in [0.1, 0.15) is 6.61 Å². The maximum Gasteiger partial charge on any atom is 0.329 e. The number of ether oxygens (including phenoxy) is 1. The molecule has 166 valence electrons. The first-order valence-corrected chi connectivity index (χ1v) is 10.7. The Morgan fingerprint density at radius 3 is 2.47 bits per heavy atom. The molecule has 2 fully saturated rings. The monoisotopic (exact) mass is 437 g/mol. The number of carbonyl (C=O) groups is 2. The van der Waals surface area contributed by atoms with E-state index in [1.807, 2.05) is 9.80 Å². The third-order valence-electron chi connectivity index (χ3n) is 6.60. The van der Waals surface area contributed by atoms with Crippen LogP contribution in [0.5, 0.6) is 0 Å². The van der Waals surface area contributed by atoms with Crippen molar-refractivity contribution in [2.45, 2.75) is 50.7 Å². The molecule has 2 aliphatic heterocycles. The number of nitrogens with zero attached hydrogens (tertiary/aromatic N) is 3. The second kappa shape index (κ2) is 9.98. The van der Waals surface area contributed by atoms with Crippen molar-refractivity contribution in [3.05, 3.63) is 29.3 Å². The van der Waals surface area contributed by atoms with Crippen LogP contribution in [0, 0.1) is 0 Å². The summed E-state index contributed by atoms with van der Waals surface area (Å²) in [4.78, 5) is 30.1. The number of hydrogen-bond donors (Lipinski definition) is 1. The Hall–Kier alpha value is -1.83. The quantitative estimate of drug-likeness (QED) is 0.766. The largest absolute Gasteiger partial charge is 0.480 e. The molecule has 8 heteroatoms. The minimum absolute atomic E-state index is 0. The van der Waals surface area contributed by atoms with Crippen molar-refractivity contribution >= 4 is 30.1 Å². The molecule has 0 atom stereocenters. The van der Waals surface area contributed by atoms with E-state index in [1.165, 1.54) is 11.1 Å². The number of likely N-dealkylation sites (N-methyl/N-ethyl adjacent to an activating group) is 1. The average Bonchev–Trinajstić information content (AvgIpc) is 3.00. The van der Waals surface area contributed by atoms with Crippen molar-refractivity contribution in [3.63, 3.8) is 0 Å². The van der Waals surface area contributed by atoms with Crippen molar-refractivity contribution in [1.82, 2.24) is 9.80 Å². The lowest BCUT2D eigenvalue weighted by atomic mass is 9.92. The Balaban J connectivity index is 0.00000256. The number of aliphatic carboxylic acids is 1. The van der Waals surface area contributed by atoms with E-state index in [1.54, 1.807) is 0 Å². The third-order valence-corrected chi connectivity index (χ3v) is 6.60. The van der Waals surface area contributed by atoms with Gasteiger partial charge >= 0.3 is 12.0 Å². The molecule has 3 aliphatic rings. The molecule has 2 amide bonds. The molecule has 1 aromatic carbocycles. The summed E-state index contributed by atoms with van der Waals surface area (Å²) in [5.41, 5.74) is 3.79. The van der Waals surface area contributed by atoms with Crippen LogP contribution in [0.4, 0.5) is 10.5 Å². The molecule has 0 unspecified atom stereocenters. The van der Waals surface area contributed by atoms with E-state index < -0.39 is 5.97 Å². The van der Waals surface area contributed by atoms with E-state index in [0.717, 1.165) is 70.4 Å². The molecule has 1 N–H and O–H groups in total.